The Labute approximate surface area is 355 Å². The molecule has 1 spiro atoms. The molecule has 61 heavy (non-hydrogen) atoms. The van der Waals surface area contributed by atoms with Crippen molar-refractivity contribution in [3.8, 4) is 17.2 Å². The van der Waals surface area contributed by atoms with Gasteiger partial charge in [0.1, 0.15) is 29.5 Å². The average molecular weight is 839 g/mol. The Morgan fingerprint density at radius 3 is 1.90 bits per heavy atom. The normalized spacial score (nSPS) is 21.1. The van der Waals surface area contributed by atoms with E-state index in [0.717, 1.165) is 11.1 Å². The highest BCUT2D eigenvalue weighted by Gasteiger charge is 2.68. The monoisotopic (exact) mass is 838 g/mol. The molecule has 0 radical (unpaired) electrons. The molecule has 0 bridgehead atoms. The minimum atomic E-state index is -3.93. The van der Waals surface area contributed by atoms with Gasteiger partial charge in [-0.25, -0.2) is 9.36 Å². The number of para-hydroxylation sites is 2. The Balaban J connectivity index is 1.15. The second kappa shape index (κ2) is 17.6. The Kier molecular flexibility index (Phi) is 11.8. The fourth-order valence-corrected chi connectivity index (χ4v) is 9.71. The van der Waals surface area contributed by atoms with Crippen molar-refractivity contribution in [1.82, 2.24) is 9.80 Å². The van der Waals surface area contributed by atoms with Crippen molar-refractivity contribution >= 4 is 25.1 Å². The van der Waals surface area contributed by atoms with E-state index in [2.05, 4.69) is 0 Å². The van der Waals surface area contributed by atoms with Crippen LogP contribution < -0.4 is 30.7 Å². The van der Waals surface area contributed by atoms with E-state index >= 15 is 4.79 Å². The number of amidine groups is 1. The van der Waals surface area contributed by atoms with Crippen LogP contribution in [0.25, 0.3) is 0 Å². The molecule has 6 aromatic rings. The van der Waals surface area contributed by atoms with Crippen LogP contribution >= 0.6 is 7.60 Å². The van der Waals surface area contributed by atoms with Crippen LogP contribution in [0.1, 0.15) is 40.2 Å². The van der Waals surface area contributed by atoms with Crippen molar-refractivity contribution in [2.24, 2.45) is 5.73 Å². The largest absolute Gasteiger partial charge is 0.479 e. The van der Waals surface area contributed by atoms with Gasteiger partial charge in [-0.15, -0.1) is 0 Å². The highest BCUT2D eigenvalue weighted by molar-refractivity contribution is 7.54. The molecule has 0 aromatic heterocycles. The minimum absolute atomic E-state index is 0.0406. The topological polar surface area (TPSA) is 186 Å². The van der Waals surface area contributed by atoms with Crippen LogP contribution in [0.2, 0.25) is 0 Å². The van der Waals surface area contributed by atoms with Crippen molar-refractivity contribution in [3.63, 3.8) is 0 Å². The third-order valence-electron chi connectivity index (χ3n) is 11.5. The van der Waals surface area contributed by atoms with E-state index in [-0.39, 0.29) is 37.3 Å². The summed E-state index contributed by atoms with van der Waals surface area (Å²) in [4.78, 5) is 18.8. The number of urea groups is 1. The maximum atomic E-state index is 15.5. The molecule has 5 unspecified atom stereocenters. The van der Waals surface area contributed by atoms with Crippen LogP contribution in [-0.4, -0.2) is 62.0 Å². The number of hydrogen-bond acceptors (Lipinski definition) is 8. The standard InChI is InChI=1S/C48H48N5O7P/c49-42-25-24-35(27-40(42)46(50)51)30-52-43(28-33-14-5-1-6-15-33)44(54)45(55)48(29-41(48)36-17-7-2-8-18-36)53(47(52)56)31-34-16-13-23-39(26-34)58-32-61(57,59-37-19-9-3-10-20-37)60-38-21-11-4-12-22-38/h1-27,41,43-45,54-55H,28-32,49H2,(H3,50,51)/p+1. The van der Waals surface area contributed by atoms with Crippen molar-refractivity contribution in [2.75, 3.05) is 12.1 Å². The van der Waals surface area contributed by atoms with Crippen LogP contribution in [0.15, 0.2) is 164 Å². The van der Waals surface area contributed by atoms with E-state index in [4.69, 9.17) is 30.7 Å². The number of carbonyl (C=O) groups excluding carboxylic acids is 1. The number of ether oxygens (including phenoxy) is 1. The third kappa shape index (κ3) is 8.98. The van der Waals surface area contributed by atoms with Crippen LogP contribution in [-0.2, 0) is 24.1 Å². The number of amides is 2. The zero-order chi connectivity index (χ0) is 42.6. The lowest BCUT2D eigenvalue weighted by Crippen LogP contribution is -2.52. The fraction of sp³-hybridized carbons (Fsp3) is 0.208. The number of carbonyl (C=O) groups is 1. The molecule has 2 fully saturated rings. The first kappa shape index (κ1) is 41.2. The first-order valence-electron chi connectivity index (χ1n) is 20.1. The third-order valence-corrected chi connectivity index (χ3v) is 12.9. The number of rotatable bonds is 15. The van der Waals surface area contributed by atoms with Gasteiger partial charge in [-0.3, -0.25) is 11.1 Å². The van der Waals surface area contributed by atoms with Crippen molar-refractivity contribution in [1.29, 1.82) is 0 Å². The summed E-state index contributed by atoms with van der Waals surface area (Å²) in [5, 5.41) is 30.8. The predicted octanol–water partition coefficient (Wildman–Crippen LogP) is 6.12. The molecule has 12 nitrogen and oxygen atoms in total. The van der Waals surface area contributed by atoms with E-state index in [9.17, 15) is 14.8 Å². The molecule has 6 aromatic carbocycles. The Bertz CT molecular complexity index is 2470. The maximum Gasteiger partial charge on any atom is 0.468 e. The van der Waals surface area contributed by atoms with Crippen LogP contribution in [0.3, 0.4) is 0 Å². The Morgan fingerprint density at radius 2 is 1.28 bits per heavy atom. The molecular weight excluding hydrogens is 790 g/mol. The molecule has 2 aliphatic rings. The molecule has 1 saturated heterocycles. The molecule has 2 amide bonds. The molecular formula is C48H49N5O7P+. The maximum absolute atomic E-state index is 15.5. The van der Waals surface area contributed by atoms with Gasteiger partial charge in [-0.05, 0) is 83.6 Å². The minimum Gasteiger partial charge on any atom is -0.479 e. The lowest BCUT2D eigenvalue weighted by Gasteiger charge is -2.37. The number of aliphatic hydroxyl groups is 2. The van der Waals surface area contributed by atoms with Gasteiger partial charge in [0.25, 0.3) is 5.84 Å². The molecule has 5 atom stereocenters. The highest BCUT2D eigenvalue weighted by Crippen LogP contribution is 2.60. The van der Waals surface area contributed by atoms with Crippen molar-refractivity contribution in [2.45, 2.75) is 55.6 Å². The van der Waals surface area contributed by atoms with Gasteiger partial charge in [-0.2, -0.15) is 0 Å². The van der Waals surface area contributed by atoms with Gasteiger partial charge in [0.2, 0.25) is 6.35 Å². The molecule has 13 heteroatoms. The molecule has 312 valence electrons. The molecule has 8 rings (SSSR count). The van der Waals surface area contributed by atoms with Crippen LogP contribution in [0, 0.1) is 0 Å². The zero-order valence-corrected chi connectivity index (χ0v) is 34.3. The smallest absolute Gasteiger partial charge is 0.468 e. The van der Waals surface area contributed by atoms with Crippen LogP contribution in [0.5, 0.6) is 17.2 Å². The Morgan fingerprint density at radius 1 is 0.721 bits per heavy atom. The van der Waals surface area contributed by atoms with Gasteiger partial charge in [0, 0.05) is 24.7 Å². The second-order valence-corrected chi connectivity index (χ2v) is 17.4. The molecule has 8 N–H and O–H groups in total. The Hall–Kier alpha value is -6.59. The molecule has 1 aliphatic heterocycles. The summed E-state index contributed by atoms with van der Waals surface area (Å²) in [7, 11) is -3.93. The summed E-state index contributed by atoms with van der Waals surface area (Å²) in [6, 6.07) is 48.0. The quantitative estimate of drug-likeness (QED) is 0.0352. The molecule has 1 heterocycles. The van der Waals surface area contributed by atoms with E-state index in [1.165, 1.54) is 0 Å². The predicted molar refractivity (Wildman–Crippen MR) is 234 cm³/mol. The number of aliphatic hydroxyl groups excluding tert-OH is 2. The second-order valence-electron chi connectivity index (χ2n) is 15.6. The number of nitrogen functional groups attached to an aromatic ring is 1. The lowest BCUT2D eigenvalue weighted by atomic mass is 9.90. The average Bonchev–Trinajstić information content (AvgIpc) is 4.04. The molecule has 1 saturated carbocycles. The number of hydrogen-bond donors (Lipinski definition) is 5. The van der Waals surface area contributed by atoms with Crippen LogP contribution in [0.4, 0.5) is 10.5 Å². The van der Waals surface area contributed by atoms with Crippen molar-refractivity contribution < 1.29 is 38.8 Å². The van der Waals surface area contributed by atoms with E-state index in [1.54, 1.807) is 94.7 Å². The van der Waals surface area contributed by atoms with Gasteiger partial charge < -0.3 is 39.5 Å². The first-order chi connectivity index (χ1) is 29.5. The highest BCUT2D eigenvalue weighted by atomic mass is 31.2. The summed E-state index contributed by atoms with van der Waals surface area (Å²) in [5.74, 6) is 0.848. The number of nitrogens with two attached hydrogens (primary N) is 3. The van der Waals surface area contributed by atoms with E-state index < -0.39 is 37.7 Å². The summed E-state index contributed by atoms with van der Waals surface area (Å²) >= 11 is 0. The van der Waals surface area contributed by atoms with Gasteiger partial charge in [0.05, 0.1) is 17.1 Å². The first-order valence-corrected chi connectivity index (χ1v) is 21.9. The summed E-state index contributed by atoms with van der Waals surface area (Å²) in [6.07, 6.45) is -2.38. The van der Waals surface area contributed by atoms with Crippen molar-refractivity contribution in [3.05, 3.63) is 192 Å². The number of benzene rings is 6. The fourth-order valence-electron chi connectivity index (χ4n) is 8.37. The lowest BCUT2D eigenvalue weighted by molar-refractivity contribution is -0.114. The summed E-state index contributed by atoms with van der Waals surface area (Å²) < 4.78 is 32.3. The summed E-state index contributed by atoms with van der Waals surface area (Å²) in [6.45, 7) is 0.109. The van der Waals surface area contributed by atoms with Gasteiger partial charge >= 0.3 is 13.6 Å². The zero-order valence-electron chi connectivity index (χ0n) is 33.4. The summed E-state index contributed by atoms with van der Waals surface area (Å²) in [5.41, 5.74) is 15.1. The SMILES string of the molecule is NC(=[NH2+])c1cc(CN2C(=O)N(Cc3cccc(OCP(=O)(Oc4ccccc4)Oc4ccccc4)c3)C3(CC3c3ccccc3)C(O)C(O)C2Cc2ccccc2)ccc1N. The number of anilines is 1. The van der Waals surface area contributed by atoms with E-state index in [1.807, 2.05) is 78.9 Å². The van der Waals surface area contributed by atoms with E-state index in [0.29, 0.717) is 46.0 Å². The van der Waals surface area contributed by atoms with Gasteiger partial charge in [-0.1, -0.05) is 115 Å². The number of nitrogens with zero attached hydrogens (tertiary/aromatic N) is 2. The van der Waals surface area contributed by atoms with Gasteiger partial charge in [0.15, 0.2) is 0 Å². The molecule has 1 aliphatic carbocycles.